The van der Waals surface area contributed by atoms with Gasteiger partial charge in [-0.3, -0.25) is 4.57 Å². The fourth-order valence-corrected chi connectivity index (χ4v) is 14.3. The van der Waals surface area contributed by atoms with E-state index in [9.17, 15) is 0 Å². The summed E-state index contributed by atoms with van der Waals surface area (Å²) in [6.07, 6.45) is 0. The van der Waals surface area contributed by atoms with Crippen LogP contribution in [0.2, 0.25) is 0 Å². The van der Waals surface area contributed by atoms with Crippen molar-refractivity contribution in [3.05, 3.63) is 246 Å². The lowest BCUT2D eigenvalue weighted by molar-refractivity contribution is 0.590. The van der Waals surface area contributed by atoms with E-state index in [1.165, 1.54) is 66.2 Å². The van der Waals surface area contributed by atoms with Crippen LogP contribution >= 0.6 is 0 Å². The van der Waals surface area contributed by atoms with Crippen molar-refractivity contribution in [2.45, 2.75) is 157 Å². The van der Waals surface area contributed by atoms with Crippen molar-refractivity contribution in [3.63, 3.8) is 0 Å². The summed E-state index contributed by atoms with van der Waals surface area (Å²) in [6, 6.07) is 81.6. The first-order chi connectivity index (χ1) is 43.4. The largest absolute Gasteiger partial charge is 0.439 e. The van der Waals surface area contributed by atoms with Gasteiger partial charge in [-0.2, -0.15) is 0 Å². The maximum atomic E-state index is 7.33. The Labute approximate surface area is 547 Å². The molecule has 14 rings (SSSR count). The van der Waals surface area contributed by atoms with Crippen LogP contribution in [0, 0.1) is 0 Å². The van der Waals surface area contributed by atoms with E-state index in [4.69, 9.17) is 4.42 Å². The topological polar surface area (TPSA) is 27.8 Å². The lowest BCUT2D eigenvalue weighted by atomic mass is 9.33. The van der Waals surface area contributed by atoms with Gasteiger partial charge in [0.1, 0.15) is 5.58 Å². The number of hydrogen-bond acceptors (Lipinski definition) is 4. The Morgan fingerprint density at radius 3 is 1.26 bits per heavy atom. The SMILES string of the molecule is CC(C)(C)c1ccc(N(c2ccc(C(C)(C)C)cc2)c2ccc3c(c2)N(c2ccc(C(C)(C)C)cc2-c2ccccc2)c2cc(N(c4ccc(C(C)(C)C)cc4)c4ccc(C(C)(C)C)cc4)cc4c2B3c2cc(C(C)(C)C)cc3c5c6ccccc6oc5n-4c23)cc1. The van der Waals surface area contributed by atoms with Crippen LogP contribution in [0.5, 0.6) is 0 Å². The molecule has 0 unspecified atom stereocenters. The molecule has 2 aliphatic heterocycles. The molecule has 0 saturated heterocycles. The van der Waals surface area contributed by atoms with Crippen LogP contribution in [0.3, 0.4) is 0 Å². The van der Waals surface area contributed by atoms with Crippen molar-refractivity contribution in [2.24, 2.45) is 0 Å². The lowest BCUT2D eigenvalue weighted by Crippen LogP contribution is -2.60. The molecule has 0 spiro atoms. The van der Waals surface area contributed by atoms with Gasteiger partial charge < -0.3 is 19.1 Å². The summed E-state index contributed by atoms with van der Waals surface area (Å²) in [5, 5.41) is 3.49. The molecule has 0 aliphatic carbocycles. The fraction of sp³-hybridized carbons (Fsp3) is 0.279. The highest BCUT2D eigenvalue weighted by Gasteiger charge is 2.45. The van der Waals surface area contributed by atoms with Crippen LogP contribution in [-0.2, 0) is 32.5 Å². The number of fused-ring (bicyclic) bond motifs is 9. The number of furan rings is 1. The molecule has 92 heavy (non-hydrogen) atoms. The van der Waals surface area contributed by atoms with E-state index in [-0.39, 0.29) is 39.2 Å². The first-order valence-corrected chi connectivity index (χ1v) is 33.3. The van der Waals surface area contributed by atoms with Crippen molar-refractivity contribution >= 4 is 107 Å². The molecule has 12 aromatic rings. The van der Waals surface area contributed by atoms with E-state index in [1.807, 2.05) is 0 Å². The number of hydrogen-bond donors (Lipinski definition) is 0. The Morgan fingerprint density at radius 1 is 0.326 bits per heavy atom. The summed E-state index contributed by atoms with van der Waals surface area (Å²) in [7, 11) is 0. The molecule has 462 valence electrons. The van der Waals surface area contributed by atoms with Gasteiger partial charge in [-0.05, 0) is 185 Å². The second-order valence-electron chi connectivity index (χ2n) is 32.4. The van der Waals surface area contributed by atoms with Crippen LogP contribution in [0.25, 0.3) is 49.8 Å². The maximum Gasteiger partial charge on any atom is 0.252 e. The summed E-state index contributed by atoms with van der Waals surface area (Å²) < 4.78 is 9.84. The van der Waals surface area contributed by atoms with Crippen molar-refractivity contribution in [1.29, 1.82) is 0 Å². The summed E-state index contributed by atoms with van der Waals surface area (Å²) in [6.45, 7) is 41.5. The van der Waals surface area contributed by atoms with Gasteiger partial charge in [0.25, 0.3) is 6.71 Å². The zero-order chi connectivity index (χ0) is 64.9. The Balaban J connectivity index is 1.15. The summed E-state index contributed by atoms with van der Waals surface area (Å²) in [5.74, 6) is 0. The van der Waals surface area contributed by atoms with Gasteiger partial charge in [0.05, 0.1) is 22.3 Å². The van der Waals surface area contributed by atoms with Crippen molar-refractivity contribution in [1.82, 2.24) is 4.57 Å². The lowest BCUT2D eigenvalue weighted by Gasteiger charge is -2.43. The second kappa shape index (κ2) is 21.3. The number of benzene rings is 10. The molecule has 4 heterocycles. The maximum absolute atomic E-state index is 7.33. The second-order valence-corrected chi connectivity index (χ2v) is 32.4. The van der Waals surface area contributed by atoms with E-state index in [0.29, 0.717) is 0 Å². The van der Waals surface area contributed by atoms with E-state index >= 15 is 0 Å². The van der Waals surface area contributed by atoms with E-state index in [0.717, 1.165) is 84.5 Å². The van der Waals surface area contributed by atoms with Gasteiger partial charge in [-0.25, -0.2) is 0 Å². The van der Waals surface area contributed by atoms with Crippen molar-refractivity contribution < 1.29 is 4.42 Å². The van der Waals surface area contributed by atoms with E-state index in [2.05, 4.69) is 356 Å². The first kappa shape index (κ1) is 60.6. The van der Waals surface area contributed by atoms with Gasteiger partial charge in [-0.15, -0.1) is 0 Å². The minimum atomic E-state index is -0.179. The van der Waals surface area contributed by atoms with Gasteiger partial charge in [0.2, 0.25) is 5.71 Å². The molecule has 0 bridgehead atoms. The highest BCUT2D eigenvalue weighted by molar-refractivity contribution is 7.00. The zero-order valence-electron chi connectivity index (χ0n) is 57.5. The van der Waals surface area contributed by atoms with E-state index < -0.39 is 0 Å². The molecule has 5 nitrogen and oxygen atoms in total. The third-order valence-electron chi connectivity index (χ3n) is 19.7. The zero-order valence-corrected chi connectivity index (χ0v) is 57.5. The van der Waals surface area contributed by atoms with Gasteiger partial charge in [0.15, 0.2) is 0 Å². The minimum Gasteiger partial charge on any atom is -0.439 e. The Bertz CT molecular complexity index is 4710. The first-order valence-electron chi connectivity index (χ1n) is 33.3. The van der Waals surface area contributed by atoms with Gasteiger partial charge in [0, 0.05) is 61.8 Å². The molecule has 0 atom stereocenters. The molecule has 2 aromatic heterocycles. The number of aromatic nitrogens is 1. The summed E-state index contributed by atoms with van der Waals surface area (Å²) in [5.41, 5.74) is 27.3. The predicted octanol–water partition coefficient (Wildman–Crippen LogP) is 22.5. The molecule has 2 aliphatic rings. The highest BCUT2D eigenvalue weighted by Crippen LogP contribution is 2.52. The molecular weight excluding hydrogens is 1120 g/mol. The van der Waals surface area contributed by atoms with Crippen molar-refractivity contribution in [3.8, 4) is 16.8 Å². The number of rotatable bonds is 8. The molecule has 6 heteroatoms. The predicted molar refractivity (Wildman–Crippen MR) is 397 cm³/mol. The molecule has 0 saturated carbocycles. The van der Waals surface area contributed by atoms with Gasteiger partial charge in [-0.1, -0.05) is 240 Å². The quantitative estimate of drug-likeness (QED) is 0.142. The number of para-hydroxylation sites is 1. The van der Waals surface area contributed by atoms with Crippen LogP contribution in [0.1, 0.15) is 158 Å². The molecule has 0 fully saturated rings. The number of anilines is 9. The van der Waals surface area contributed by atoms with Gasteiger partial charge >= 0.3 is 0 Å². The summed E-state index contributed by atoms with van der Waals surface area (Å²) >= 11 is 0. The minimum absolute atomic E-state index is 0.0132. The summed E-state index contributed by atoms with van der Waals surface area (Å²) in [4.78, 5) is 7.62. The fourth-order valence-electron chi connectivity index (χ4n) is 14.3. The molecule has 0 radical (unpaired) electrons. The third-order valence-corrected chi connectivity index (χ3v) is 19.7. The average molecular weight is 1210 g/mol. The Hall–Kier alpha value is -9.00. The third kappa shape index (κ3) is 10.3. The Kier molecular flexibility index (Phi) is 14.0. The van der Waals surface area contributed by atoms with Crippen molar-refractivity contribution in [2.75, 3.05) is 14.7 Å². The molecular formula is C86H89BN4O. The van der Waals surface area contributed by atoms with Crippen LogP contribution < -0.4 is 31.1 Å². The van der Waals surface area contributed by atoms with E-state index in [1.54, 1.807) is 0 Å². The Morgan fingerprint density at radius 2 is 0.761 bits per heavy atom. The molecule has 10 aromatic carbocycles. The number of nitrogens with zero attached hydrogens (tertiary/aromatic N) is 4. The highest BCUT2D eigenvalue weighted by atomic mass is 16.3. The molecule has 0 N–H and O–H groups in total. The van der Waals surface area contributed by atoms with Crippen LogP contribution in [0.15, 0.2) is 217 Å². The standard InChI is InChI=1S/C86H89BN4O/c1-81(2,3)55-28-37-61(38-29-55)88(62-39-30-56(31-40-62)82(4,5)6)65-45-46-70-73(51-65)90(72-47-36-59(85(13,14)15)48-68(72)54-24-20-19-21-25-54)74-52-66(89(63-41-32-57(33-42-63)83(7,8)9)64-43-34-58(35-44-64)84(10,11)12)53-75-78(74)87(70)71-50-60(86(16,17)18)49-69-77-67-26-22-23-27-76(67)92-80(77)91(75)79(69)71/h19-53H,1-18H3. The average Bonchev–Trinajstić information content (AvgIpc) is 1.47. The smallest absolute Gasteiger partial charge is 0.252 e. The molecule has 0 amide bonds. The van der Waals surface area contributed by atoms with Crippen LogP contribution in [-0.4, -0.2) is 11.3 Å². The normalized spacial score (nSPS) is 13.5. The monoisotopic (exact) mass is 1200 g/mol. The van der Waals surface area contributed by atoms with Crippen LogP contribution in [0.4, 0.5) is 51.2 Å².